The Balaban J connectivity index is 2.36. The van der Waals surface area contributed by atoms with E-state index < -0.39 is 53.7 Å². The van der Waals surface area contributed by atoms with E-state index in [9.17, 15) is 19.2 Å². The van der Waals surface area contributed by atoms with Crippen molar-refractivity contribution in [1.82, 2.24) is 4.90 Å². The van der Waals surface area contributed by atoms with E-state index in [4.69, 9.17) is 23.7 Å². The minimum Gasteiger partial charge on any atom is -0.457 e. The molecule has 1 aliphatic heterocycles. The molecule has 4 atom stereocenters. The minimum atomic E-state index is -1.30. The summed E-state index contributed by atoms with van der Waals surface area (Å²) in [7, 11) is 0. The van der Waals surface area contributed by atoms with Gasteiger partial charge >= 0.3 is 24.1 Å². The molecule has 0 bridgehead atoms. The van der Waals surface area contributed by atoms with Crippen molar-refractivity contribution in [3.63, 3.8) is 0 Å². The van der Waals surface area contributed by atoms with Crippen LogP contribution in [0, 0.1) is 5.92 Å². The third kappa shape index (κ3) is 9.98. The summed E-state index contributed by atoms with van der Waals surface area (Å²) in [5.74, 6) is -1.33. The highest BCUT2D eigenvalue weighted by Crippen LogP contribution is 2.33. The first kappa shape index (κ1) is 30.6. The number of hydrogen-bond donors (Lipinski definition) is 0. The van der Waals surface area contributed by atoms with Crippen LogP contribution in [-0.4, -0.2) is 71.2 Å². The molecule has 2 fully saturated rings. The normalized spacial score (nSPS) is 25.0. The molecule has 37 heavy (non-hydrogen) atoms. The predicted molar refractivity (Wildman–Crippen MR) is 135 cm³/mol. The highest BCUT2D eigenvalue weighted by Gasteiger charge is 2.45. The van der Waals surface area contributed by atoms with Gasteiger partial charge < -0.3 is 23.7 Å². The quantitative estimate of drug-likeness (QED) is 0.270. The van der Waals surface area contributed by atoms with E-state index in [1.807, 2.05) is 6.92 Å². The molecule has 0 aromatic carbocycles. The van der Waals surface area contributed by atoms with Crippen molar-refractivity contribution in [2.75, 3.05) is 6.61 Å². The van der Waals surface area contributed by atoms with Crippen LogP contribution in [0.25, 0.3) is 0 Å². The van der Waals surface area contributed by atoms with Crippen LogP contribution in [0.4, 0.5) is 9.59 Å². The molecule has 0 spiro atoms. The van der Waals surface area contributed by atoms with Crippen molar-refractivity contribution in [3.8, 4) is 0 Å². The number of esters is 2. The summed E-state index contributed by atoms with van der Waals surface area (Å²) in [4.78, 5) is 52.8. The summed E-state index contributed by atoms with van der Waals surface area (Å²) in [5, 5.41) is 0. The molecule has 1 heterocycles. The average molecular weight is 526 g/mol. The van der Waals surface area contributed by atoms with Gasteiger partial charge in [-0.25, -0.2) is 14.4 Å². The first-order chi connectivity index (χ1) is 17.0. The van der Waals surface area contributed by atoms with E-state index in [-0.39, 0.29) is 24.9 Å². The maximum absolute atomic E-state index is 13.4. The van der Waals surface area contributed by atoms with Crippen molar-refractivity contribution in [1.29, 1.82) is 0 Å². The van der Waals surface area contributed by atoms with Gasteiger partial charge in [-0.15, -0.1) is 0 Å². The molecule has 1 aliphatic carbocycles. The van der Waals surface area contributed by atoms with Crippen LogP contribution in [0.5, 0.6) is 0 Å². The standard InChI is InChI=1S/C27H43NO9/c1-16(2)15-33-20-12-10-11-19(23(30)34-17(3)21(20)35-22(29)18-13-14-18)28(24(31)36-26(4,5)6)25(32)37-27(7,8)9/h17-21H,1,10-15H2,2-9H3. The van der Waals surface area contributed by atoms with Crippen LogP contribution in [0.1, 0.15) is 87.5 Å². The molecular weight excluding hydrogens is 482 g/mol. The lowest BCUT2D eigenvalue weighted by atomic mass is 10.0. The summed E-state index contributed by atoms with van der Waals surface area (Å²) in [5.41, 5.74) is -1.05. The zero-order valence-corrected chi connectivity index (χ0v) is 23.5. The summed E-state index contributed by atoms with van der Waals surface area (Å²) >= 11 is 0. The maximum Gasteiger partial charge on any atom is 0.420 e. The van der Waals surface area contributed by atoms with Gasteiger partial charge in [0.05, 0.1) is 18.6 Å². The van der Waals surface area contributed by atoms with E-state index in [1.165, 1.54) is 0 Å². The number of imide groups is 1. The Labute approximate surface area is 220 Å². The Morgan fingerprint density at radius 3 is 1.97 bits per heavy atom. The molecule has 4 unspecified atom stereocenters. The van der Waals surface area contributed by atoms with Gasteiger partial charge in [-0.1, -0.05) is 12.2 Å². The fourth-order valence-electron chi connectivity index (χ4n) is 3.76. The largest absolute Gasteiger partial charge is 0.457 e. The highest BCUT2D eigenvalue weighted by atomic mass is 16.6. The third-order valence-corrected chi connectivity index (χ3v) is 5.57. The van der Waals surface area contributed by atoms with E-state index in [2.05, 4.69) is 6.58 Å². The number of cyclic esters (lactones) is 1. The molecule has 1 saturated heterocycles. The third-order valence-electron chi connectivity index (χ3n) is 5.57. The molecular formula is C27H43NO9. The molecule has 210 valence electrons. The lowest BCUT2D eigenvalue weighted by molar-refractivity contribution is -0.181. The lowest BCUT2D eigenvalue weighted by Crippen LogP contribution is -2.53. The maximum atomic E-state index is 13.4. The SMILES string of the molecule is C=C(C)COC1CCCC(N(C(=O)OC(C)(C)C)C(=O)OC(C)(C)C)C(=O)OC(C)C1OC(=O)C1CC1. The molecule has 2 amide bonds. The predicted octanol–water partition coefficient (Wildman–Crippen LogP) is 4.93. The molecule has 10 heteroatoms. The monoisotopic (exact) mass is 525 g/mol. The molecule has 2 rings (SSSR count). The summed E-state index contributed by atoms with van der Waals surface area (Å²) < 4.78 is 28.3. The number of rotatable bonds is 6. The van der Waals surface area contributed by atoms with Crippen molar-refractivity contribution >= 4 is 24.1 Å². The Hall–Kier alpha value is -2.62. The molecule has 0 aromatic heterocycles. The molecule has 0 radical (unpaired) electrons. The van der Waals surface area contributed by atoms with Crippen molar-refractivity contribution < 1.29 is 42.9 Å². The van der Waals surface area contributed by atoms with Crippen LogP contribution in [0.2, 0.25) is 0 Å². The topological polar surface area (TPSA) is 118 Å². The summed E-state index contributed by atoms with van der Waals surface area (Å²) in [6.45, 7) is 17.5. The van der Waals surface area contributed by atoms with E-state index in [0.29, 0.717) is 17.7 Å². The first-order valence-electron chi connectivity index (χ1n) is 12.9. The Morgan fingerprint density at radius 1 is 0.973 bits per heavy atom. The van der Waals surface area contributed by atoms with E-state index in [1.54, 1.807) is 48.5 Å². The van der Waals surface area contributed by atoms with Gasteiger partial charge in [0.1, 0.15) is 23.3 Å². The highest BCUT2D eigenvalue weighted by molar-refractivity contribution is 5.94. The van der Waals surface area contributed by atoms with Crippen LogP contribution in [-0.2, 0) is 33.3 Å². The summed E-state index contributed by atoms with van der Waals surface area (Å²) in [6.07, 6.45) is -1.98. The second-order valence-electron chi connectivity index (χ2n) is 11.9. The van der Waals surface area contributed by atoms with E-state index >= 15 is 0 Å². The van der Waals surface area contributed by atoms with Crippen LogP contribution in [0.15, 0.2) is 12.2 Å². The fourth-order valence-corrected chi connectivity index (χ4v) is 3.76. The number of carbonyl (C=O) groups excluding carboxylic acids is 4. The number of hydrogen-bond acceptors (Lipinski definition) is 9. The molecule has 10 nitrogen and oxygen atoms in total. The van der Waals surface area contributed by atoms with Gasteiger partial charge in [0.2, 0.25) is 0 Å². The zero-order chi connectivity index (χ0) is 28.1. The Morgan fingerprint density at radius 2 is 1.51 bits per heavy atom. The van der Waals surface area contributed by atoms with Gasteiger partial charge in [0, 0.05) is 0 Å². The van der Waals surface area contributed by atoms with Gasteiger partial charge in [-0.05, 0) is 87.5 Å². The number of nitrogens with zero attached hydrogens (tertiary/aromatic N) is 1. The van der Waals surface area contributed by atoms with Crippen LogP contribution in [0.3, 0.4) is 0 Å². The second-order valence-corrected chi connectivity index (χ2v) is 11.9. The lowest BCUT2D eigenvalue weighted by Gasteiger charge is -2.33. The Kier molecular flexibility index (Phi) is 10.2. The number of ether oxygens (including phenoxy) is 5. The molecule has 2 aliphatic rings. The van der Waals surface area contributed by atoms with Crippen molar-refractivity contribution in [2.45, 2.75) is 123 Å². The van der Waals surface area contributed by atoms with Gasteiger partial charge in [-0.2, -0.15) is 4.90 Å². The number of carbonyl (C=O) groups is 4. The van der Waals surface area contributed by atoms with Crippen LogP contribution >= 0.6 is 0 Å². The molecule has 0 N–H and O–H groups in total. The zero-order valence-electron chi connectivity index (χ0n) is 23.5. The first-order valence-corrected chi connectivity index (χ1v) is 12.9. The van der Waals surface area contributed by atoms with Gasteiger partial charge in [0.15, 0.2) is 6.10 Å². The van der Waals surface area contributed by atoms with E-state index in [0.717, 1.165) is 18.4 Å². The fraction of sp³-hybridized carbons (Fsp3) is 0.778. The van der Waals surface area contributed by atoms with Crippen molar-refractivity contribution in [2.24, 2.45) is 5.92 Å². The van der Waals surface area contributed by atoms with Crippen LogP contribution < -0.4 is 0 Å². The minimum absolute atomic E-state index is 0.0836. The average Bonchev–Trinajstić information content (AvgIpc) is 3.55. The van der Waals surface area contributed by atoms with Gasteiger partial charge in [-0.3, -0.25) is 4.79 Å². The summed E-state index contributed by atoms with van der Waals surface area (Å²) in [6, 6.07) is -1.30. The second kappa shape index (κ2) is 12.3. The molecule has 1 saturated carbocycles. The molecule has 0 aromatic rings. The smallest absolute Gasteiger partial charge is 0.420 e. The van der Waals surface area contributed by atoms with Crippen molar-refractivity contribution in [3.05, 3.63) is 12.2 Å². The van der Waals surface area contributed by atoms with Gasteiger partial charge in [0.25, 0.3) is 0 Å². The number of amides is 2. The Bertz CT molecular complexity index is 838.